The van der Waals surface area contributed by atoms with Gasteiger partial charge in [-0.05, 0) is 141 Å². The zero-order valence-electron chi connectivity index (χ0n) is 51.1. The van der Waals surface area contributed by atoms with Crippen LogP contribution in [0.15, 0.2) is 146 Å². The molecule has 1 unspecified atom stereocenters. The maximum atomic E-state index is 12.9. The van der Waals surface area contributed by atoms with Crippen LogP contribution >= 0.6 is 0 Å². The summed E-state index contributed by atoms with van der Waals surface area (Å²) in [5.74, 6) is -0.954. The highest BCUT2D eigenvalue weighted by Crippen LogP contribution is 2.14. The van der Waals surface area contributed by atoms with Gasteiger partial charge >= 0.3 is 17.9 Å². The highest BCUT2D eigenvalue weighted by Gasteiger charge is 2.19. The average Bonchev–Trinajstić information content (AvgIpc) is 3.45. The lowest BCUT2D eigenvalue weighted by molar-refractivity contribution is -0.167. The molecule has 446 valence electrons. The van der Waals surface area contributed by atoms with Crippen LogP contribution in [0.2, 0.25) is 0 Å². The molecule has 0 aliphatic rings. The van der Waals surface area contributed by atoms with Gasteiger partial charge in [-0.2, -0.15) is 0 Å². The van der Waals surface area contributed by atoms with E-state index in [2.05, 4.69) is 167 Å². The second-order valence-electron chi connectivity index (χ2n) is 20.9. The number of allylic oxidation sites excluding steroid dienone is 24. The van der Waals surface area contributed by atoms with E-state index < -0.39 is 6.10 Å². The molecule has 0 bridgehead atoms. The topological polar surface area (TPSA) is 78.9 Å². The summed E-state index contributed by atoms with van der Waals surface area (Å²) in [7, 11) is 0. The van der Waals surface area contributed by atoms with Crippen LogP contribution in [-0.2, 0) is 28.6 Å². The van der Waals surface area contributed by atoms with E-state index in [0.717, 1.165) is 141 Å². The third-order valence-electron chi connectivity index (χ3n) is 13.3. The number of unbranched alkanes of at least 4 members (excludes halogenated alkanes) is 22. The van der Waals surface area contributed by atoms with Gasteiger partial charge in [-0.15, -0.1) is 0 Å². The van der Waals surface area contributed by atoms with Gasteiger partial charge in [0.1, 0.15) is 13.2 Å². The third-order valence-corrected chi connectivity index (χ3v) is 13.3. The Balaban J connectivity index is 4.49. The largest absolute Gasteiger partial charge is 0.462 e. The Morgan fingerprint density at radius 3 is 0.797 bits per heavy atom. The zero-order valence-corrected chi connectivity index (χ0v) is 51.1. The molecule has 6 heteroatoms. The molecule has 0 spiro atoms. The normalized spacial score (nSPS) is 13.1. The second-order valence-corrected chi connectivity index (χ2v) is 20.9. The summed E-state index contributed by atoms with van der Waals surface area (Å²) in [4.78, 5) is 38.4. The number of esters is 3. The molecule has 0 N–H and O–H groups in total. The lowest BCUT2D eigenvalue weighted by atomic mass is 10.1. The van der Waals surface area contributed by atoms with Crippen molar-refractivity contribution in [1.29, 1.82) is 0 Å². The fourth-order valence-electron chi connectivity index (χ4n) is 8.53. The molecular weight excluding hydrogens is 973 g/mol. The first-order valence-electron chi connectivity index (χ1n) is 32.3. The Labute approximate surface area is 487 Å². The van der Waals surface area contributed by atoms with Crippen molar-refractivity contribution in [1.82, 2.24) is 0 Å². The molecule has 0 rings (SSSR count). The van der Waals surface area contributed by atoms with E-state index in [1.54, 1.807) is 0 Å². The lowest BCUT2D eigenvalue weighted by Crippen LogP contribution is -2.30. The third kappa shape index (κ3) is 64.0. The van der Waals surface area contributed by atoms with Gasteiger partial charge in [0.05, 0.1) is 0 Å². The van der Waals surface area contributed by atoms with Gasteiger partial charge in [0.25, 0.3) is 0 Å². The maximum Gasteiger partial charge on any atom is 0.306 e. The highest BCUT2D eigenvalue weighted by atomic mass is 16.6. The van der Waals surface area contributed by atoms with Crippen LogP contribution in [0.1, 0.15) is 278 Å². The molecule has 0 aromatic carbocycles. The summed E-state index contributed by atoms with van der Waals surface area (Å²) in [6.45, 7) is 6.37. The molecule has 0 amide bonds. The zero-order chi connectivity index (χ0) is 57.1. The van der Waals surface area contributed by atoms with Crippen molar-refractivity contribution in [2.75, 3.05) is 13.2 Å². The Kier molecular flexibility index (Phi) is 61.9. The molecule has 0 aliphatic carbocycles. The predicted octanol–water partition coefficient (Wildman–Crippen LogP) is 22.3. The number of hydrogen-bond acceptors (Lipinski definition) is 6. The molecule has 0 saturated heterocycles. The Morgan fingerprint density at radius 2 is 0.494 bits per heavy atom. The molecule has 0 fully saturated rings. The lowest BCUT2D eigenvalue weighted by Gasteiger charge is -2.18. The van der Waals surface area contributed by atoms with Crippen molar-refractivity contribution in [2.45, 2.75) is 284 Å². The quantitative estimate of drug-likeness (QED) is 0.0261. The fraction of sp³-hybridized carbons (Fsp3) is 0.630. The molecule has 0 aromatic rings. The van der Waals surface area contributed by atoms with Crippen molar-refractivity contribution in [3.63, 3.8) is 0 Å². The van der Waals surface area contributed by atoms with Crippen LogP contribution < -0.4 is 0 Å². The number of ether oxygens (including phenoxy) is 3. The average molecular weight is 1090 g/mol. The van der Waals surface area contributed by atoms with Crippen LogP contribution in [0.3, 0.4) is 0 Å². The van der Waals surface area contributed by atoms with Crippen LogP contribution in [0, 0.1) is 0 Å². The molecule has 6 nitrogen and oxygen atoms in total. The van der Waals surface area contributed by atoms with Crippen molar-refractivity contribution in [3.05, 3.63) is 146 Å². The number of carbonyl (C=O) groups excluding carboxylic acids is 3. The molecule has 0 aliphatic heterocycles. The summed E-state index contributed by atoms with van der Waals surface area (Å²) < 4.78 is 16.9. The molecule has 79 heavy (non-hydrogen) atoms. The minimum atomic E-state index is -0.812. The Morgan fingerprint density at radius 1 is 0.266 bits per heavy atom. The fourth-order valence-corrected chi connectivity index (χ4v) is 8.53. The monoisotopic (exact) mass is 1090 g/mol. The number of carbonyl (C=O) groups is 3. The van der Waals surface area contributed by atoms with Gasteiger partial charge in [0.2, 0.25) is 0 Å². The Bertz CT molecular complexity index is 1730. The van der Waals surface area contributed by atoms with Gasteiger partial charge in [-0.3, -0.25) is 14.4 Å². The molecule has 0 radical (unpaired) electrons. The first kappa shape index (κ1) is 74.3. The van der Waals surface area contributed by atoms with Crippen LogP contribution in [-0.4, -0.2) is 37.2 Å². The van der Waals surface area contributed by atoms with E-state index in [1.807, 2.05) is 0 Å². The molecule has 0 aromatic heterocycles. The molecule has 0 heterocycles. The smallest absolute Gasteiger partial charge is 0.306 e. The van der Waals surface area contributed by atoms with Crippen LogP contribution in [0.4, 0.5) is 0 Å². The van der Waals surface area contributed by atoms with Crippen molar-refractivity contribution < 1.29 is 28.6 Å². The second kappa shape index (κ2) is 65.8. The van der Waals surface area contributed by atoms with Crippen LogP contribution in [0.25, 0.3) is 0 Å². The minimum absolute atomic E-state index is 0.103. The van der Waals surface area contributed by atoms with E-state index in [0.29, 0.717) is 19.3 Å². The standard InChI is InChI=1S/C73H118O6/c1-4-7-10-13-16-19-22-25-28-31-33-34-35-36-37-38-40-42-45-48-51-54-57-60-63-66-72(75)78-69-70(68-77-71(74)65-62-59-56-53-50-47-44-41-30-27-24-21-18-15-12-9-6-3)79-73(76)67-64-61-58-55-52-49-46-43-39-32-29-26-23-20-17-14-11-8-5-2/h7-8,10-11,16-17,19-20,25-30,33-34,36-37,39-40,42-43,49,52,70H,4-6,9,12-15,18,21-24,31-32,35,38,41,44-48,50-51,53-69H2,1-3H3/b10-7-,11-8-,19-16-,20-17-,28-25-,29-26-,30-27-,34-33-,37-36-,42-40-,43-39-,52-49-. The van der Waals surface area contributed by atoms with E-state index in [9.17, 15) is 14.4 Å². The summed E-state index contributed by atoms with van der Waals surface area (Å²) in [5.41, 5.74) is 0. The predicted molar refractivity (Wildman–Crippen MR) is 343 cm³/mol. The first-order chi connectivity index (χ1) is 39.0. The molecular formula is C73H118O6. The maximum absolute atomic E-state index is 12.9. The Hall–Kier alpha value is -4.71. The van der Waals surface area contributed by atoms with E-state index in [-0.39, 0.29) is 37.5 Å². The van der Waals surface area contributed by atoms with Crippen molar-refractivity contribution in [2.24, 2.45) is 0 Å². The van der Waals surface area contributed by atoms with Crippen molar-refractivity contribution >= 4 is 17.9 Å². The van der Waals surface area contributed by atoms with Crippen molar-refractivity contribution in [3.8, 4) is 0 Å². The number of hydrogen-bond donors (Lipinski definition) is 0. The van der Waals surface area contributed by atoms with Gasteiger partial charge < -0.3 is 14.2 Å². The molecule has 1 atom stereocenters. The van der Waals surface area contributed by atoms with E-state index >= 15 is 0 Å². The van der Waals surface area contributed by atoms with Crippen LogP contribution in [0.5, 0.6) is 0 Å². The van der Waals surface area contributed by atoms with E-state index in [4.69, 9.17) is 14.2 Å². The van der Waals surface area contributed by atoms with Gasteiger partial charge in [0.15, 0.2) is 6.10 Å². The minimum Gasteiger partial charge on any atom is -0.462 e. The van der Waals surface area contributed by atoms with E-state index in [1.165, 1.54) is 89.9 Å². The summed E-state index contributed by atoms with van der Waals surface area (Å²) >= 11 is 0. The van der Waals surface area contributed by atoms with Gasteiger partial charge in [-0.1, -0.05) is 263 Å². The summed E-state index contributed by atoms with van der Waals surface area (Å²) in [5, 5.41) is 0. The first-order valence-corrected chi connectivity index (χ1v) is 32.3. The van der Waals surface area contributed by atoms with Gasteiger partial charge in [0, 0.05) is 19.3 Å². The summed E-state index contributed by atoms with van der Waals surface area (Å²) in [6.07, 6.45) is 94.1. The van der Waals surface area contributed by atoms with Gasteiger partial charge in [-0.25, -0.2) is 0 Å². The summed E-state index contributed by atoms with van der Waals surface area (Å²) in [6, 6.07) is 0. The SMILES string of the molecule is CC/C=C\C/C=C\C/C=C\C/C=C\C/C=C\C/C=C\CCCCCCCCC(=O)OCC(COC(=O)CCCCCCCCC/C=C\CCCCCCCC)OC(=O)CCCCC/C=C\C/C=C\C/C=C\C/C=C\C/C=C\CC. The molecule has 0 saturated carbocycles. The highest BCUT2D eigenvalue weighted by molar-refractivity contribution is 5.71. The number of rotatable bonds is 57.